The lowest BCUT2D eigenvalue weighted by Crippen LogP contribution is -2.61. The first kappa shape index (κ1) is 38.5. The van der Waals surface area contributed by atoms with Crippen LogP contribution < -0.4 is 21.3 Å². The first-order valence-corrected chi connectivity index (χ1v) is 18.6. The number of allylic oxidation sites excluding steroid dienone is 1. The Morgan fingerprint density at radius 2 is 1.60 bits per heavy atom. The zero-order chi connectivity index (χ0) is 35.5. The molecule has 3 fully saturated rings. The SMILES string of the molecule is C=CCC[C@@H](NC(=O)[C@@H]1[C@@H]2[C@H](CN1C(=O)[C@@H](NC(=O)NC(C)(C)C)C1CCCCC1)C2(C)C)C(=O)C(=O)NCCS(=O)(=O)C(C)(C)C. The van der Waals surface area contributed by atoms with Gasteiger partial charge in [0.25, 0.3) is 5.91 Å². The molecule has 0 aromatic rings. The molecule has 0 spiro atoms. The lowest BCUT2D eigenvalue weighted by Gasteiger charge is -2.37. The molecule has 12 nitrogen and oxygen atoms in total. The van der Waals surface area contributed by atoms with Crippen molar-refractivity contribution in [2.24, 2.45) is 23.2 Å². The van der Waals surface area contributed by atoms with Crippen LogP contribution in [0.2, 0.25) is 0 Å². The molecule has 0 radical (unpaired) electrons. The Balaban J connectivity index is 1.80. The van der Waals surface area contributed by atoms with Crippen LogP contribution in [0.5, 0.6) is 0 Å². The summed E-state index contributed by atoms with van der Waals surface area (Å²) in [5.41, 5.74) is -0.710. The Morgan fingerprint density at radius 3 is 2.15 bits per heavy atom. The van der Waals surface area contributed by atoms with Crippen LogP contribution in [0.3, 0.4) is 0 Å². The molecule has 0 bridgehead atoms. The van der Waals surface area contributed by atoms with E-state index in [9.17, 15) is 32.4 Å². The second-order valence-corrected chi connectivity index (χ2v) is 19.0. The number of carbonyl (C=O) groups excluding carboxylic acids is 5. The highest BCUT2D eigenvalue weighted by molar-refractivity contribution is 7.92. The van der Waals surface area contributed by atoms with Crippen LogP contribution in [0.1, 0.15) is 100 Å². The van der Waals surface area contributed by atoms with Gasteiger partial charge >= 0.3 is 6.03 Å². The van der Waals surface area contributed by atoms with Crippen LogP contribution in [0.15, 0.2) is 12.7 Å². The van der Waals surface area contributed by atoms with E-state index in [1.54, 1.807) is 31.7 Å². The molecule has 2 saturated carbocycles. The average molecular weight is 680 g/mol. The van der Waals surface area contributed by atoms with Gasteiger partial charge in [0.2, 0.25) is 17.6 Å². The molecule has 1 heterocycles. The Kier molecular flexibility index (Phi) is 12.0. The monoisotopic (exact) mass is 679 g/mol. The van der Waals surface area contributed by atoms with Gasteiger partial charge in [0.15, 0.2) is 9.84 Å². The molecule has 47 heavy (non-hydrogen) atoms. The predicted molar refractivity (Wildman–Crippen MR) is 181 cm³/mol. The molecule has 13 heteroatoms. The Labute approximate surface area is 280 Å². The van der Waals surface area contributed by atoms with Crippen LogP contribution in [0.25, 0.3) is 0 Å². The normalized spacial score (nSPS) is 23.9. The smallest absolute Gasteiger partial charge is 0.315 e. The fourth-order valence-electron chi connectivity index (χ4n) is 7.02. The summed E-state index contributed by atoms with van der Waals surface area (Å²) in [6, 6.07) is -3.31. The Hall–Kier alpha value is -2.96. The summed E-state index contributed by atoms with van der Waals surface area (Å²) in [4.78, 5) is 69.1. The Morgan fingerprint density at radius 1 is 0.979 bits per heavy atom. The number of hydrogen-bond acceptors (Lipinski definition) is 7. The summed E-state index contributed by atoms with van der Waals surface area (Å²) in [6.07, 6.45) is 6.59. The summed E-state index contributed by atoms with van der Waals surface area (Å²) in [6.45, 7) is 18.2. The van der Waals surface area contributed by atoms with Crippen molar-refractivity contribution in [1.29, 1.82) is 0 Å². The van der Waals surface area contributed by atoms with Crippen molar-refractivity contribution in [3.63, 3.8) is 0 Å². The number of ketones is 1. The number of piperidine rings is 1. The van der Waals surface area contributed by atoms with Gasteiger partial charge in [0.1, 0.15) is 12.1 Å². The first-order valence-electron chi connectivity index (χ1n) is 17.0. The molecule has 3 rings (SSSR count). The van der Waals surface area contributed by atoms with Crippen molar-refractivity contribution >= 4 is 39.4 Å². The molecule has 0 aromatic carbocycles. The van der Waals surface area contributed by atoms with E-state index in [1.807, 2.05) is 20.8 Å². The van der Waals surface area contributed by atoms with E-state index in [2.05, 4.69) is 41.7 Å². The van der Waals surface area contributed by atoms with Crippen LogP contribution >= 0.6 is 0 Å². The highest BCUT2D eigenvalue weighted by Crippen LogP contribution is 2.65. The third-order valence-corrected chi connectivity index (χ3v) is 12.6. The molecular formula is C34H57N5O7S. The van der Waals surface area contributed by atoms with Gasteiger partial charge in [0.05, 0.1) is 16.5 Å². The van der Waals surface area contributed by atoms with Crippen molar-refractivity contribution < 1.29 is 32.4 Å². The number of hydrogen-bond donors (Lipinski definition) is 4. The van der Waals surface area contributed by atoms with Gasteiger partial charge in [0, 0.05) is 18.6 Å². The Bertz CT molecular complexity index is 1320. The molecule has 266 valence electrons. The van der Waals surface area contributed by atoms with Gasteiger partial charge in [-0.2, -0.15) is 0 Å². The molecule has 0 aromatic heterocycles. The molecular weight excluding hydrogens is 622 g/mol. The largest absolute Gasteiger partial charge is 0.348 e. The zero-order valence-corrected chi connectivity index (χ0v) is 30.3. The minimum atomic E-state index is -3.52. The number of Topliss-reactive ketones (excluding diaryl/α,β-unsaturated/α-hetero) is 1. The van der Waals surface area contributed by atoms with E-state index in [0.29, 0.717) is 13.0 Å². The van der Waals surface area contributed by atoms with E-state index in [1.165, 1.54) is 0 Å². The second-order valence-electron chi connectivity index (χ2n) is 16.1. The lowest BCUT2D eigenvalue weighted by atomic mass is 9.83. The van der Waals surface area contributed by atoms with E-state index in [-0.39, 0.29) is 47.8 Å². The van der Waals surface area contributed by atoms with Gasteiger partial charge < -0.3 is 26.2 Å². The lowest BCUT2D eigenvalue weighted by molar-refractivity contribution is -0.144. The van der Waals surface area contributed by atoms with Crippen LogP contribution in [-0.2, 0) is 29.0 Å². The number of nitrogens with zero attached hydrogens (tertiary/aromatic N) is 1. The summed E-state index contributed by atoms with van der Waals surface area (Å²) < 4.78 is 23.9. The van der Waals surface area contributed by atoms with Gasteiger partial charge in [-0.15, -0.1) is 6.58 Å². The average Bonchev–Trinajstić information content (AvgIpc) is 3.27. The fraction of sp³-hybridized carbons (Fsp3) is 0.794. The van der Waals surface area contributed by atoms with E-state index in [0.717, 1.165) is 32.1 Å². The van der Waals surface area contributed by atoms with Gasteiger partial charge in [-0.1, -0.05) is 39.2 Å². The molecule has 2 aliphatic carbocycles. The van der Waals surface area contributed by atoms with Crippen molar-refractivity contribution in [1.82, 2.24) is 26.2 Å². The van der Waals surface area contributed by atoms with Gasteiger partial charge in [-0.05, 0) is 90.4 Å². The molecule has 1 saturated heterocycles. The van der Waals surface area contributed by atoms with Crippen LogP contribution in [0, 0.1) is 23.2 Å². The fourth-order valence-corrected chi connectivity index (χ4v) is 8.00. The number of rotatable bonds is 13. The number of fused-ring (bicyclic) bond motifs is 1. The quantitative estimate of drug-likeness (QED) is 0.171. The standard InChI is InChI=1S/C34H57N5O7S/c1-10-11-17-23(27(40)29(42)35-18-19-47(45,46)33(5,6)7)36-28(41)26-24-22(34(24,8)9)20-39(26)30(43)25(21-15-13-12-14-16-21)37-31(44)38-32(2,3)4/h10,21-26H,1,11-20H2,2-9H3,(H,35,42)(H,36,41)(H2,37,38,44)/t22-,23+,24-,25-,26-/m0/s1. The summed E-state index contributed by atoms with van der Waals surface area (Å²) >= 11 is 0. The highest BCUT2D eigenvalue weighted by atomic mass is 32.2. The number of amides is 5. The molecule has 0 unspecified atom stereocenters. The van der Waals surface area contributed by atoms with Crippen molar-refractivity contribution in [3.8, 4) is 0 Å². The number of urea groups is 1. The highest BCUT2D eigenvalue weighted by Gasteiger charge is 2.69. The minimum Gasteiger partial charge on any atom is -0.348 e. The number of nitrogens with one attached hydrogen (secondary N) is 4. The van der Waals surface area contributed by atoms with Gasteiger partial charge in [-0.25, -0.2) is 13.2 Å². The third-order valence-electron chi connectivity index (χ3n) is 10.0. The molecule has 3 aliphatic rings. The molecule has 4 N–H and O–H groups in total. The number of likely N-dealkylation sites (tertiary alicyclic amines) is 1. The maximum absolute atomic E-state index is 14.3. The summed E-state index contributed by atoms with van der Waals surface area (Å²) in [5, 5.41) is 11.0. The van der Waals surface area contributed by atoms with Gasteiger partial charge in [-0.3, -0.25) is 19.2 Å². The number of sulfone groups is 1. The second kappa shape index (κ2) is 14.7. The third kappa shape index (κ3) is 9.35. The first-order chi connectivity index (χ1) is 21.6. The van der Waals surface area contributed by atoms with Crippen molar-refractivity contribution in [2.75, 3.05) is 18.8 Å². The van der Waals surface area contributed by atoms with Crippen LogP contribution in [0.4, 0.5) is 4.79 Å². The topological polar surface area (TPSA) is 171 Å². The molecule has 5 atom stereocenters. The predicted octanol–water partition coefficient (Wildman–Crippen LogP) is 2.87. The summed E-state index contributed by atoms with van der Waals surface area (Å²) in [5.74, 6) is -3.18. The molecule has 5 amide bonds. The maximum Gasteiger partial charge on any atom is 0.315 e. The van der Waals surface area contributed by atoms with Crippen molar-refractivity contribution in [2.45, 2.75) is 129 Å². The molecule has 1 aliphatic heterocycles. The van der Waals surface area contributed by atoms with E-state index < -0.39 is 61.9 Å². The minimum absolute atomic E-state index is 0.0664. The van der Waals surface area contributed by atoms with Crippen LogP contribution in [-0.4, -0.2) is 90.1 Å². The number of carbonyl (C=O) groups is 5. The maximum atomic E-state index is 14.3. The van der Waals surface area contributed by atoms with E-state index in [4.69, 9.17) is 0 Å². The van der Waals surface area contributed by atoms with E-state index >= 15 is 0 Å². The zero-order valence-electron chi connectivity index (χ0n) is 29.5. The summed E-state index contributed by atoms with van der Waals surface area (Å²) in [7, 11) is -3.52. The van der Waals surface area contributed by atoms with Crippen molar-refractivity contribution in [3.05, 3.63) is 12.7 Å².